The lowest BCUT2D eigenvalue weighted by atomic mass is 9.84. The first-order valence-corrected chi connectivity index (χ1v) is 9.36. The van der Waals surface area contributed by atoms with Gasteiger partial charge in [0.15, 0.2) is 0 Å². The van der Waals surface area contributed by atoms with Gasteiger partial charge >= 0.3 is 0 Å². The summed E-state index contributed by atoms with van der Waals surface area (Å²) in [6.07, 6.45) is 0.617. The Hall–Kier alpha value is -1.06. The second-order valence-corrected chi connectivity index (χ2v) is 8.84. The van der Waals surface area contributed by atoms with Gasteiger partial charge in [0, 0.05) is 27.9 Å². The molecule has 0 saturated carbocycles. The first kappa shape index (κ1) is 20.3. The van der Waals surface area contributed by atoms with Crippen molar-refractivity contribution in [3.63, 3.8) is 0 Å². The third kappa shape index (κ3) is 6.31. The minimum Gasteiger partial charge on any atom is -0.389 e. The van der Waals surface area contributed by atoms with E-state index in [9.17, 15) is 5.11 Å². The van der Waals surface area contributed by atoms with E-state index in [1.165, 1.54) is 5.56 Å². The van der Waals surface area contributed by atoms with Gasteiger partial charge < -0.3 is 9.59 Å². The van der Waals surface area contributed by atoms with Crippen molar-refractivity contribution >= 4 is 23.2 Å². The van der Waals surface area contributed by atoms with Crippen LogP contribution in [0.25, 0.3) is 0 Å². The van der Waals surface area contributed by atoms with Gasteiger partial charge in [-0.05, 0) is 36.8 Å². The van der Waals surface area contributed by atoms with Gasteiger partial charge in [-0.25, -0.2) is 0 Å². The molecule has 2 aromatic rings. The lowest BCUT2D eigenvalue weighted by Gasteiger charge is -2.38. The number of hydrogen-bond donors (Lipinski definition) is 1. The summed E-state index contributed by atoms with van der Waals surface area (Å²) in [5.41, 5.74) is 1.58. The highest BCUT2D eigenvalue weighted by Gasteiger charge is 2.33. The summed E-state index contributed by atoms with van der Waals surface area (Å²) in [6, 6.07) is 15.7. The van der Waals surface area contributed by atoms with Crippen LogP contribution in [0.4, 0.5) is 0 Å². The number of aliphatic hydroxyl groups is 1. The number of nitrogens with zero attached hydrogens (tertiary/aromatic N) is 1. The zero-order valence-electron chi connectivity index (χ0n) is 15.5. The molecule has 25 heavy (non-hydrogen) atoms. The third-order valence-electron chi connectivity index (χ3n) is 4.83. The summed E-state index contributed by atoms with van der Waals surface area (Å²) in [6.45, 7) is 5.83. The van der Waals surface area contributed by atoms with Gasteiger partial charge in [-0.1, -0.05) is 54.4 Å². The summed E-state index contributed by atoms with van der Waals surface area (Å²) in [7, 11) is 4.40. The molecule has 0 aliphatic heterocycles. The molecule has 0 heterocycles. The fourth-order valence-corrected chi connectivity index (χ4v) is 3.53. The van der Waals surface area contributed by atoms with Crippen molar-refractivity contribution in [2.45, 2.75) is 32.4 Å². The summed E-state index contributed by atoms with van der Waals surface area (Å²) in [5.74, 6) is 0.144. The molecule has 2 aromatic carbocycles. The van der Waals surface area contributed by atoms with Crippen LogP contribution >= 0.6 is 23.2 Å². The van der Waals surface area contributed by atoms with Crippen LogP contribution in [-0.4, -0.2) is 35.8 Å². The Labute approximate surface area is 161 Å². The summed E-state index contributed by atoms with van der Waals surface area (Å²) in [5, 5.41) is 12.5. The van der Waals surface area contributed by atoms with Crippen molar-refractivity contribution in [1.29, 1.82) is 0 Å². The van der Waals surface area contributed by atoms with E-state index >= 15 is 0 Å². The van der Waals surface area contributed by atoms with E-state index in [-0.39, 0.29) is 5.92 Å². The highest BCUT2D eigenvalue weighted by Crippen LogP contribution is 2.26. The van der Waals surface area contributed by atoms with E-state index in [0.717, 1.165) is 33.2 Å². The second-order valence-electron chi connectivity index (χ2n) is 7.96. The van der Waals surface area contributed by atoms with E-state index < -0.39 is 5.60 Å². The largest absolute Gasteiger partial charge is 0.389 e. The Morgan fingerprint density at radius 3 is 1.84 bits per heavy atom. The Kier molecular flexibility index (Phi) is 6.56. The number of hydrogen-bond acceptors (Lipinski definition) is 1. The molecule has 2 unspecified atom stereocenters. The van der Waals surface area contributed by atoms with Crippen molar-refractivity contribution in [2.75, 3.05) is 20.6 Å². The zero-order valence-corrected chi connectivity index (χ0v) is 17.0. The predicted octanol–water partition coefficient (Wildman–Crippen LogP) is 5.20. The minimum atomic E-state index is -0.774. The van der Waals surface area contributed by atoms with E-state index in [4.69, 9.17) is 23.2 Å². The lowest BCUT2D eigenvalue weighted by Crippen LogP contribution is -2.49. The topological polar surface area (TPSA) is 20.2 Å². The molecule has 0 saturated heterocycles. The summed E-state index contributed by atoms with van der Waals surface area (Å²) >= 11 is 11.9. The molecule has 0 aliphatic carbocycles. The van der Waals surface area contributed by atoms with Crippen molar-refractivity contribution in [3.05, 3.63) is 69.7 Å². The number of rotatable bonds is 7. The number of halogens is 2. The molecule has 2 atom stereocenters. The first-order valence-electron chi connectivity index (χ1n) is 8.61. The van der Waals surface area contributed by atoms with Crippen molar-refractivity contribution in [1.82, 2.24) is 0 Å². The van der Waals surface area contributed by atoms with Crippen molar-refractivity contribution in [2.24, 2.45) is 5.92 Å². The van der Waals surface area contributed by atoms with Crippen LogP contribution in [0.5, 0.6) is 0 Å². The van der Waals surface area contributed by atoms with Gasteiger partial charge in [-0.3, -0.25) is 0 Å². The van der Waals surface area contributed by atoms with Gasteiger partial charge in [0.05, 0.1) is 26.2 Å². The summed E-state index contributed by atoms with van der Waals surface area (Å²) < 4.78 is 0.805. The molecule has 1 N–H and O–H groups in total. The summed E-state index contributed by atoms with van der Waals surface area (Å²) in [4.78, 5) is 0. The highest BCUT2D eigenvalue weighted by atomic mass is 35.5. The maximum Gasteiger partial charge on any atom is 0.104 e. The van der Waals surface area contributed by atoms with Crippen molar-refractivity contribution < 1.29 is 9.59 Å². The van der Waals surface area contributed by atoms with Crippen LogP contribution in [0.2, 0.25) is 10.0 Å². The second kappa shape index (κ2) is 8.09. The standard InChI is InChI=1S/C21H28Cl2NO/c1-16(21(2,25)13-17-5-9-19(22)10-6-17)14-24(3,4)15-18-7-11-20(23)12-8-18/h5-12,16,25H,13-15H2,1-4H3/q+1. The number of benzene rings is 2. The average molecular weight is 381 g/mol. The zero-order chi connectivity index (χ0) is 18.7. The SMILES string of the molecule is CC(C[N+](C)(C)Cc1ccc(Cl)cc1)C(C)(O)Cc1ccc(Cl)cc1. The molecule has 0 fully saturated rings. The molecule has 2 rings (SSSR count). The van der Waals surface area contributed by atoms with Crippen LogP contribution < -0.4 is 0 Å². The monoisotopic (exact) mass is 380 g/mol. The molecule has 2 nitrogen and oxygen atoms in total. The first-order chi connectivity index (χ1) is 11.6. The molecular formula is C21H28Cl2NO+. The maximum atomic E-state index is 11.0. The fraction of sp³-hybridized carbons (Fsp3) is 0.429. The van der Waals surface area contributed by atoms with E-state index in [1.54, 1.807) is 0 Å². The van der Waals surface area contributed by atoms with Gasteiger partial charge in [0.25, 0.3) is 0 Å². The van der Waals surface area contributed by atoms with Crippen LogP contribution in [0, 0.1) is 5.92 Å². The Morgan fingerprint density at radius 2 is 1.36 bits per heavy atom. The number of quaternary nitrogens is 1. The average Bonchev–Trinajstić information content (AvgIpc) is 2.51. The molecule has 0 radical (unpaired) electrons. The van der Waals surface area contributed by atoms with Gasteiger partial charge in [0.1, 0.15) is 6.54 Å². The van der Waals surface area contributed by atoms with Gasteiger partial charge in [0.2, 0.25) is 0 Å². The molecule has 4 heteroatoms. The van der Waals surface area contributed by atoms with Crippen LogP contribution in [-0.2, 0) is 13.0 Å². The van der Waals surface area contributed by atoms with E-state index in [0.29, 0.717) is 6.42 Å². The molecule has 0 bridgehead atoms. The van der Waals surface area contributed by atoms with E-state index in [2.05, 4.69) is 33.2 Å². The van der Waals surface area contributed by atoms with Crippen LogP contribution in [0.15, 0.2) is 48.5 Å². The normalized spacial score (nSPS) is 15.6. The van der Waals surface area contributed by atoms with Crippen LogP contribution in [0.3, 0.4) is 0 Å². The van der Waals surface area contributed by atoms with Gasteiger partial charge in [-0.15, -0.1) is 0 Å². The fourth-order valence-electron chi connectivity index (χ4n) is 3.28. The van der Waals surface area contributed by atoms with Crippen molar-refractivity contribution in [3.8, 4) is 0 Å². The van der Waals surface area contributed by atoms with Crippen LogP contribution in [0.1, 0.15) is 25.0 Å². The smallest absolute Gasteiger partial charge is 0.104 e. The molecule has 0 aliphatic rings. The molecular weight excluding hydrogens is 353 g/mol. The molecule has 0 aromatic heterocycles. The Morgan fingerprint density at radius 1 is 0.920 bits per heavy atom. The predicted molar refractivity (Wildman–Crippen MR) is 107 cm³/mol. The van der Waals surface area contributed by atoms with E-state index in [1.807, 2.05) is 43.3 Å². The Bertz CT molecular complexity index is 678. The molecule has 0 spiro atoms. The Balaban J connectivity index is 2.00. The highest BCUT2D eigenvalue weighted by molar-refractivity contribution is 6.30. The molecule has 136 valence electrons. The lowest BCUT2D eigenvalue weighted by molar-refractivity contribution is -0.907. The minimum absolute atomic E-state index is 0.144. The molecule has 0 amide bonds. The maximum absolute atomic E-state index is 11.0. The quantitative estimate of drug-likeness (QED) is 0.654. The van der Waals surface area contributed by atoms with Gasteiger partial charge in [-0.2, -0.15) is 0 Å². The third-order valence-corrected chi connectivity index (χ3v) is 5.33.